The Morgan fingerprint density at radius 1 is 1.48 bits per heavy atom. The number of nitrogens with two attached hydrogens (primary N) is 1. The van der Waals surface area contributed by atoms with E-state index < -0.39 is 0 Å². The maximum absolute atomic E-state index is 11.9. The maximum Gasteiger partial charge on any atom is 0.224 e. The minimum Gasteiger partial charge on any atom is -0.495 e. The summed E-state index contributed by atoms with van der Waals surface area (Å²) in [5.41, 5.74) is 8.05. The number of nitrogen functional groups attached to an aromatic ring is 1. The predicted molar refractivity (Wildman–Crippen MR) is 85.8 cm³/mol. The fraction of sp³-hybridized carbons (Fsp3) is 0.333. The number of nitrogens with zero attached hydrogens (tertiary/aromatic N) is 1. The first kappa shape index (κ1) is 15.3. The summed E-state index contributed by atoms with van der Waals surface area (Å²) in [6.45, 7) is 1.98. The number of hydrogen-bond donors (Lipinski definition) is 2. The van der Waals surface area contributed by atoms with Crippen molar-refractivity contribution in [3.63, 3.8) is 0 Å². The van der Waals surface area contributed by atoms with Gasteiger partial charge in [-0.05, 0) is 38.0 Å². The standard InChI is InChI=1S/C15H19N3O2S/c1-10-17-12(9-21-10)4-3-5-15(19)18-11-6-7-14(20-2)13(16)8-11/h6-9H,3-5,16H2,1-2H3,(H,18,19). The first-order valence-electron chi connectivity index (χ1n) is 6.73. The fourth-order valence-corrected chi connectivity index (χ4v) is 2.64. The van der Waals surface area contributed by atoms with E-state index in [2.05, 4.69) is 10.3 Å². The molecule has 0 saturated heterocycles. The molecule has 112 valence electrons. The zero-order valence-corrected chi connectivity index (χ0v) is 13.0. The number of amides is 1. The number of benzene rings is 1. The number of carbonyl (C=O) groups is 1. The van der Waals surface area contributed by atoms with Gasteiger partial charge in [0.1, 0.15) is 5.75 Å². The summed E-state index contributed by atoms with van der Waals surface area (Å²) in [7, 11) is 1.56. The van der Waals surface area contributed by atoms with Crippen molar-refractivity contribution in [2.24, 2.45) is 0 Å². The highest BCUT2D eigenvalue weighted by atomic mass is 32.1. The second-order valence-electron chi connectivity index (χ2n) is 4.72. The van der Waals surface area contributed by atoms with E-state index >= 15 is 0 Å². The van der Waals surface area contributed by atoms with Crippen LogP contribution in [0.2, 0.25) is 0 Å². The molecule has 2 rings (SSSR count). The van der Waals surface area contributed by atoms with Crippen LogP contribution in [0.15, 0.2) is 23.6 Å². The predicted octanol–water partition coefficient (Wildman–Crippen LogP) is 3.00. The van der Waals surface area contributed by atoms with Gasteiger partial charge in [-0.1, -0.05) is 0 Å². The van der Waals surface area contributed by atoms with Crippen LogP contribution in [0.1, 0.15) is 23.5 Å². The molecule has 1 aromatic carbocycles. The average Bonchev–Trinajstić information content (AvgIpc) is 2.84. The van der Waals surface area contributed by atoms with Gasteiger partial charge in [0.25, 0.3) is 0 Å². The summed E-state index contributed by atoms with van der Waals surface area (Å²) in [5, 5.41) is 5.93. The second-order valence-corrected chi connectivity index (χ2v) is 5.78. The smallest absolute Gasteiger partial charge is 0.224 e. The van der Waals surface area contributed by atoms with Crippen molar-refractivity contribution in [1.29, 1.82) is 0 Å². The van der Waals surface area contributed by atoms with Gasteiger partial charge in [-0.25, -0.2) is 4.98 Å². The summed E-state index contributed by atoms with van der Waals surface area (Å²) in [6.07, 6.45) is 2.06. The van der Waals surface area contributed by atoms with E-state index in [1.54, 1.807) is 36.6 Å². The van der Waals surface area contributed by atoms with Crippen molar-refractivity contribution < 1.29 is 9.53 Å². The van der Waals surface area contributed by atoms with E-state index in [1.165, 1.54) is 0 Å². The fourth-order valence-electron chi connectivity index (χ4n) is 1.99. The molecule has 2 aromatic rings. The van der Waals surface area contributed by atoms with Gasteiger partial charge in [0.05, 0.1) is 23.5 Å². The molecular formula is C15H19N3O2S. The van der Waals surface area contributed by atoms with E-state index in [9.17, 15) is 4.79 Å². The molecule has 1 aromatic heterocycles. The molecule has 3 N–H and O–H groups in total. The molecule has 0 spiro atoms. The number of hydrogen-bond acceptors (Lipinski definition) is 5. The lowest BCUT2D eigenvalue weighted by Gasteiger charge is -2.08. The normalized spacial score (nSPS) is 10.4. The number of thiazole rings is 1. The van der Waals surface area contributed by atoms with Crippen LogP contribution in [0.3, 0.4) is 0 Å². The Balaban J connectivity index is 1.80. The van der Waals surface area contributed by atoms with Gasteiger partial charge < -0.3 is 15.8 Å². The molecule has 0 unspecified atom stereocenters. The Kier molecular flexibility index (Phi) is 5.16. The van der Waals surface area contributed by atoms with E-state index in [0.717, 1.165) is 23.5 Å². The average molecular weight is 305 g/mol. The number of rotatable bonds is 6. The van der Waals surface area contributed by atoms with Gasteiger partial charge in [0, 0.05) is 17.5 Å². The third kappa shape index (κ3) is 4.46. The van der Waals surface area contributed by atoms with Crippen molar-refractivity contribution in [2.75, 3.05) is 18.2 Å². The Hall–Kier alpha value is -2.08. The van der Waals surface area contributed by atoms with Gasteiger partial charge in [0.15, 0.2) is 0 Å². The molecule has 1 heterocycles. The van der Waals surface area contributed by atoms with Crippen LogP contribution in [0.5, 0.6) is 5.75 Å². The highest BCUT2D eigenvalue weighted by molar-refractivity contribution is 7.09. The lowest BCUT2D eigenvalue weighted by molar-refractivity contribution is -0.116. The third-order valence-corrected chi connectivity index (χ3v) is 3.84. The monoisotopic (exact) mass is 305 g/mol. The van der Waals surface area contributed by atoms with Gasteiger partial charge >= 0.3 is 0 Å². The van der Waals surface area contributed by atoms with Crippen molar-refractivity contribution in [2.45, 2.75) is 26.2 Å². The van der Waals surface area contributed by atoms with Gasteiger partial charge in [-0.3, -0.25) is 4.79 Å². The van der Waals surface area contributed by atoms with E-state index in [0.29, 0.717) is 23.5 Å². The summed E-state index contributed by atoms with van der Waals surface area (Å²) in [4.78, 5) is 16.3. The van der Waals surface area contributed by atoms with Crippen molar-refractivity contribution in [3.05, 3.63) is 34.3 Å². The van der Waals surface area contributed by atoms with Crippen molar-refractivity contribution in [1.82, 2.24) is 4.98 Å². The third-order valence-electron chi connectivity index (χ3n) is 3.02. The number of aryl methyl sites for hydroxylation is 2. The zero-order valence-electron chi connectivity index (χ0n) is 12.2. The first-order chi connectivity index (χ1) is 10.1. The van der Waals surface area contributed by atoms with Gasteiger partial charge in [-0.2, -0.15) is 0 Å². The zero-order chi connectivity index (χ0) is 15.2. The number of aromatic nitrogens is 1. The van der Waals surface area contributed by atoms with E-state index in [1.807, 2.05) is 12.3 Å². The minimum atomic E-state index is -0.0217. The van der Waals surface area contributed by atoms with E-state index in [4.69, 9.17) is 10.5 Å². The second kappa shape index (κ2) is 7.08. The molecule has 0 bridgehead atoms. The quantitative estimate of drug-likeness (QED) is 0.804. The van der Waals surface area contributed by atoms with Gasteiger partial charge in [-0.15, -0.1) is 11.3 Å². The number of nitrogens with one attached hydrogen (secondary N) is 1. The van der Waals surface area contributed by atoms with Crippen LogP contribution >= 0.6 is 11.3 Å². The maximum atomic E-state index is 11.9. The molecule has 1 amide bonds. The summed E-state index contributed by atoms with van der Waals surface area (Å²) >= 11 is 1.63. The molecule has 0 aliphatic heterocycles. The first-order valence-corrected chi connectivity index (χ1v) is 7.61. The SMILES string of the molecule is COc1ccc(NC(=O)CCCc2csc(C)n2)cc1N. The highest BCUT2D eigenvalue weighted by Gasteiger charge is 2.06. The molecule has 0 aliphatic rings. The van der Waals surface area contributed by atoms with E-state index in [-0.39, 0.29) is 5.91 Å². The summed E-state index contributed by atoms with van der Waals surface area (Å²) in [6, 6.07) is 5.21. The minimum absolute atomic E-state index is 0.0217. The summed E-state index contributed by atoms with van der Waals surface area (Å²) < 4.78 is 5.08. The Labute approximate surface area is 128 Å². The number of ether oxygens (including phenoxy) is 1. The van der Waals surface area contributed by atoms with Gasteiger partial charge in [0.2, 0.25) is 5.91 Å². The molecule has 5 nitrogen and oxygen atoms in total. The molecule has 6 heteroatoms. The lowest BCUT2D eigenvalue weighted by atomic mass is 10.2. The molecule has 0 aliphatic carbocycles. The highest BCUT2D eigenvalue weighted by Crippen LogP contribution is 2.24. The Morgan fingerprint density at radius 3 is 2.90 bits per heavy atom. The molecular weight excluding hydrogens is 286 g/mol. The van der Waals surface area contributed by atoms with Crippen LogP contribution in [-0.2, 0) is 11.2 Å². The topological polar surface area (TPSA) is 77.2 Å². The molecule has 0 radical (unpaired) electrons. The lowest BCUT2D eigenvalue weighted by Crippen LogP contribution is -2.11. The molecule has 0 atom stereocenters. The van der Waals surface area contributed by atoms with Crippen LogP contribution < -0.4 is 15.8 Å². The van der Waals surface area contributed by atoms with Crippen LogP contribution in [0.25, 0.3) is 0 Å². The summed E-state index contributed by atoms with van der Waals surface area (Å²) in [5.74, 6) is 0.582. The Bertz CT molecular complexity index is 625. The largest absolute Gasteiger partial charge is 0.495 e. The Morgan fingerprint density at radius 2 is 2.29 bits per heavy atom. The number of carbonyl (C=O) groups excluding carboxylic acids is 1. The molecule has 0 saturated carbocycles. The number of methoxy groups -OCH3 is 1. The van der Waals surface area contributed by atoms with Crippen LogP contribution in [0, 0.1) is 6.92 Å². The van der Waals surface area contributed by atoms with Crippen molar-refractivity contribution in [3.8, 4) is 5.75 Å². The molecule has 21 heavy (non-hydrogen) atoms. The van der Waals surface area contributed by atoms with Crippen LogP contribution in [0.4, 0.5) is 11.4 Å². The molecule has 0 fully saturated rings. The number of anilines is 2. The van der Waals surface area contributed by atoms with Crippen LogP contribution in [-0.4, -0.2) is 18.0 Å². The van der Waals surface area contributed by atoms with Crippen molar-refractivity contribution >= 4 is 28.6 Å².